The van der Waals surface area contributed by atoms with Crippen LogP contribution in [0.5, 0.6) is 0 Å². The van der Waals surface area contributed by atoms with Crippen LogP contribution in [0.3, 0.4) is 0 Å². The van der Waals surface area contributed by atoms with Gasteiger partial charge in [0.25, 0.3) is 0 Å². The molecule has 0 fully saturated rings. The summed E-state index contributed by atoms with van der Waals surface area (Å²) < 4.78 is 5.74. The molecule has 0 atom stereocenters. The maximum Gasteiger partial charge on any atom is 0.220 e. The summed E-state index contributed by atoms with van der Waals surface area (Å²) in [5.74, 6) is 1.02. The number of aromatic nitrogens is 1. The molecule has 0 radical (unpaired) electrons. The van der Waals surface area contributed by atoms with Gasteiger partial charge in [0.05, 0.1) is 11.2 Å². The Morgan fingerprint density at radius 3 is 2.61 bits per heavy atom. The van der Waals surface area contributed by atoms with E-state index < -0.39 is 0 Å². The van der Waals surface area contributed by atoms with Gasteiger partial charge in [-0.3, -0.25) is 4.79 Å². The van der Waals surface area contributed by atoms with E-state index >= 15 is 0 Å². The van der Waals surface area contributed by atoms with Gasteiger partial charge in [-0.25, -0.2) is 4.98 Å². The fourth-order valence-corrected chi connectivity index (χ4v) is 3.36. The molecule has 0 unspecified atom stereocenters. The van der Waals surface area contributed by atoms with Crippen LogP contribution in [-0.2, 0) is 16.6 Å². The minimum absolute atomic E-state index is 0.0340. The maximum absolute atomic E-state index is 12.2. The van der Waals surface area contributed by atoms with Gasteiger partial charge in [-0.15, -0.1) is 0 Å². The number of oxazole rings is 1. The summed E-state index contributed by atoms with van der Waals surface area (Å²) in [6, 6.07) is 15.3. The first kappa shape index (κ1) is 20.4. The zero-order valence-corrected chi connectivity index (χ0v) is 17.3. The molecule has 0 saturated carbocycles. The predicted molar refractivity (Wildman–Crippen MR) is 113 cm³/mol. The van der Waals surface area contributed by atoms with Crippen molar-refractivity contribution < 1.29 is 9.21 Å². The lowest BCUT2D eigenvalue weighted by Crippen LogP contribution is -2.36. The SMILES string of the molecule is CC(C)(CNC(=O)CCc1ncc(-c2ccc(Cl)cc2Cl)o1)c1ccccc1. The number of nitrogens with one attached hydrogen (secondary N) is 1. The molecule has 3 rings (SSSR count). The Kier molecular flexibility index (Phi) is 6.42. The molecule has 2 aromatic carbocycles. The largest absolute Gasteiger partial charge is 0.441 e. The number of rotatable bonds is 7. The molecular formula is C22H22Cl2N2O2. The van der Waals surface area contributed by atoms with Crippen LogP contribution in [0.15, 0.2) is 59.1 Å². The van der Waals surface area contributed by atoms with Crippen molar-refractivity contribution in [3.63, 3.8) is 0 Å². The van der Waals surface area contributed by atoms with Gasteiger partial charge in [0.1, 0.15) is 0 Å². The number of nitrogens with zero attached hydrogens (tertiary/aromatic N) is 1. The molecule has 28 heavy (non-hydrogen) atoms. The fraction of sp³-hybridized carbons (Fsp3) is 0.273. The van der Waals surface area contributed by atoms with Gasteiger partial charge in [0.15, 0.2) is 11.7 Å². The molecular weight excluding hydrogens is 395 g/mol. The predicted octanol–water partition coefficient (Wildman–Crippen LogP) is 5.68. The number of halogens is 2. The van der Waals surface area contributed by atoms with E-state index in [1.165, 1.54) is 5.56 Å². The summed E-state index contributed by atoms with van der Waals surface area (Å²) in [7, 11) is 0. The molecule has 3 aromatic rings. The zero-order valence-electron chi connectivity index (χ0n) is 15.8. The third-order valence-corrected chi connectivity index (χ3v) is 5.15. The van der Waals surface area contributed by atoms with Crippen LogP contribution < -0.4 is 5.32 Å². The molecule has 1 heterocycles. The molecule has 0 aliphatic heterocycles. The van der Waals surface area contributed by atoms with Crippen molar-refractivity contribution in [1.82, 2.24) is 10.3 Å². The van der Waals surface area contributed by atoms with Gasteiger partial charge < -0.3 is 9.73 Å². The second-order valence-corrected chi connectivity index (χ2v) is 8.11. The summed E-state index contributed by atoms with van der Waals surface area (Å²) in [5.41, 5.74) is 1.77. The second-order valence-electron chi connectivity index (χ2n) is 7.27. The average molecular weight is 417 g/mol. The first-order valence-corrected chi connectivity index (χ1v) is 9.83. The highest BCUT2D eigenvalue weighted by Crippen LogP contribution is 2.30. The summed E-state index contributed by atoms with van der Waals surface area (Å²) in [6.07, 6.45) is 2.34. The second kappa shape index (κ2) is 8.80. The molecule has 1 N–H and O–H groups in total. The van der Waals surface area contributed by atoms with Gasteiger partial charge in [0, 0.05) is 35.4 Å². The first-order valence-electron chi connectivity index (χ1n) is 9.07. The molecule has 146 valence electrons. The Balaban J connectivity index is 1.53. The summed E-state index contributed by atoms with van der Waals surface area (Å²) >= 11 is 12.1. The van der Waals surface area contributed by atoms with E-state index in [1.54, 1.807) is 24.4 Å². The van der Waals surface area contributed by atoms with Crippen LogP contribution in [0.25, 0.3) is 11.3 Å². The van der Waals surface area contributed by atoms with E-state index in [1.807, 2.05) is 18.2 Å². The monoisotopic (exact) mass is 416 g/mol. The Hall–Kier alpha value is -2.30. The highest BCUT2D eigenvalue weighted by molar-refractivity contribution is 6.36. The van der Waals surface area contributed by atoms with Crippen molar-refractivity contribution in [2.24, 2.45) is 0 Å². The van der Waals surface area contributed by atoms with Crippen LogP contribution in [0, 0.1) is 0 Å². The minimum Gasteiger partial charge on any atom is -0.441 e. The number of carbonyl (C=O) groups is 1. The van der Waals surface area contributed by atoms with Crippen molar-refractivity contribution in [3.05, 3.63) is 76.2 Å². The van der Waals surface area contributed by atoms with Crippen molar-refractivity contribution >= 4 is 29.1 Å². The van der Waals surface area contributed by atoms with Crippen molar-refractivity contribution in [2.45, 2.75) is 32.1 Å². The quantitative estimate of drug-likeness (QED) is 0.539. The molecule has 0 spiro atoms. The van der Waals surface area contributed by atoms with Gasteiger partial charge in [-0.05, 0) is 23.8 Å². The highest BCUT2D eigenvalue weighted by Gasteiger charge is 2.21. The normalized spacial score (nSPS) is 11.4. The first-order chi connectivity index (χ1) is 13.3. The van der Waals surface area contributed by atoms with Crippen LogP contribution in [0.2, 0.25) is 10.0 Å². The van der Waals surface area contributed by atoms with Gasteiger partial charge in [-0.1, -0.05) is 67.4 Å². The third kappa shape index (κ3) is 5.15. The third-order valence-electron chi connectivity index (χ3n) is 4.60. The van der Waals surface area contributed by atoms with Crippen LogP contribution in [-0.4, -0.2) is 17.4 Å². The summed E-state index contributed by atoms with van der Waals surface area (Å²) in [4.78, 5) is 16.5. The van der Waals surface area contributed by atoms with E-state index in [0.717, 1.165) is 5.56 Å². The molecule has 0 saturated heterocycles. The summed E-state index contributed by atoms with van der Waals surface area (Å²) in [6.45, 7) is 4.78. The molecule has 0 aliphatic carbocycles. The highest BCUT2D eigenvalue weighted by atomic mass is 35.5. The zero-order chi connectivity index (χ0) is 20.1. The molecule has 1 aromatic heterocycles. The lowest BCUT2D eigenvalue weighted by atomic mass is 9.84. The minimum atomic E-state index is -0.141. The smallest absolute Gasteiger partial charge is 0.220 e. The number of hydrogen-bond donors (Lipinski definition) is 1. The molecule has 6 heteroatoms. The standard InChI is InChI=1S/C22H22Cl2N2O2/c1-22(2,15-6-4-3-5-7-15)14-26-20(27)10-11-21-25-13-19(28-21)17-9-8-16(23)12-18(17)24/h3-9,12-13H,10-11,14H2,1-2H3,(H,26,27). The lowest BCUT2D eigenvalue weighted by Gasteiger charge is -2.25. The number of carbonyl (C=O) groups excluding carboxylic acids is 1. The number of amides is 1. The Bertz CT molecular complexity index is 952. The summed E-state index contributed by atoms with van der Waals surface area (Å²) in [5, 5.41) is 4.06. The van der Waals surface area contributed by atoms with Crippen LogP contribution >= 0.6 is 23.2 Å². The topological polar surface area (TPSA) is 55.1 Å². The lowest BCUT2D eigenvalue weighted by molar-refractivity contribution is -0.121. The van der Waals surface area contributed by atoms with Gasteiger partial charge in [0.2, 0.25) is 5.91 Å². The Morgan fingerprint density at radius 1 is 1.14 bits per heavy atom. The maximum atomic E-state index is 12.2. The van der Waals surface area contributed by atoms with Crippen LogP contribution in [0.1, 0.15) is 31.7 Å². The van der Waals surface area contributed by atoms with E-state index in [9.17, 15) is 4.79 Å². The van der Waals surface area contributed by atoms with E-state index in [-0.39, 0.29) is 11.3 Å². The van der Waals surface area contributed by atoms with E-state index in [2.05, 4.69) is 36.3 Å². The van der Waals surface area contributed by atoms with Crippen LogP contribution in [0.4, 0.5) is 0 Å². The Morgan fingerprint density at radius 2 is 1.89 bits per heavy atom. The van der Waals surface area contributed by atoms with Crippen molar-refractivity contribution in [3.8, 4) is 11.3 Å². The van der Waals surface area contributed by atoms with E-state index in [4.69, 9.17) is 27.6 Å². The van der Waals surface area contributed by atoms with Gasteiger partial charge in [-0.2, -0.15) is 0 Å². The molecule has 4 nitrogen and oxygen atoms in total. The number of hydrogen-bond acceptors (Lipinski definition) is 3. The average Bonchev–Trinajstić information content (AvgIpc) is 3.14. The Labute approximate surface area is 174 Å². The van der Waals surface area contributed by atoms with Crippen molar-refractivity contribution in [2.75, 3.05) is 6.54 Å². The fourth-order valence-electron chi connectivity index (χ4n) is 2.86. The number of benzene rings is 2. The molecule has 1 amide bonds. The van der Waals surface area contributed by atoms with Crippen molar-refractivity contribution in [1.29, 1.82) is 0 Å². The van der Waals surface area contributed by atoms with Gasteiger partial charge >= 0.3 is 0 Å². The molecule has 0 aliphatic rings. The van der Waals surface area contributed by atoms with E-state index in [0.29, 0.717) is 41.1 Å². The number of aryl methyl sites for hydroxylation is 1. The molecule has 0 bridgehead atoms.